The number of nitrogens with zero attached hydrogens (tertiary/aromatic N) is 4. The molecule has 0 spiro atoms. The first-order chi connectivity index (χ1) is 20.2. The third-order valence-electron chi connectivity index (χ3n) is 8.17. The minimum atomic E-state index is -0.933. The van der Waals surface area contributed by atoms with E-state index in [4.69, 9.17) is 19.4 Å². The van der Waals surface area contributed by atoms with Gasteiger partial charge in [0.1, 0.15) is 12.4 Å². The molecule has 6 rings (SSSR count). The van der Waals surface area contributed by atoms with Gasteiger partial charge in [0.15, 0.2) is 0 Å². The number of imidazole rings is 1. The van der Waals surface area contributed by atoms with Crippen LogP contribution in [0.1, 0.15) is 66.6 Å². The summed E-state index contributed by atoms with van der Waals surface area (Å²) in [6, 6.07) is 19.7. The molecule has 2 aromatic carbocycles. The minimum absolute atomic E-state index is 0.129. The molecular formula is C34H38N4O4. The summed E-state index contributed by atoms with van der Waals surface area (Å²) in [5, 5.41) is 9.51. The van der Waals surface area contributed by atoms with Crippen LogP contribution < -0.4 is 4.74 Å². The van der Waals surface area contributed by atoms with Crippen LogP contribution in [0.4, 0.5) is 0 Å². The first kappa shape index (κ1) is 28.1. The van der Waals surface area contributed by atoms with Gasteiger partial charge >= 0.3 is 5.97 Å². The second-order valence-corrected chi connectivity index (χ2v) is 12.2. The Bertz CT molecular complexity index is 1610. The molecule has 4 heterocycles. The average molecular weight is 567 g/mol. The summed E-state index contributed by atoms with van der Waals surface area (Å²) in [5.41, 5.74) is 6.66. The molecular weight excluding hydrogens is 528 g/mol. The zero-order valence-corrected chi connectivity index (χ0v) is 24.5. The Kier molecular flexibility index (Phi) is 7.84. The molecule has 2 aromatic heterocycles. The number of hydrogen-bond donors (Lipinski definition) is 1. The highest BCUT2D eigenvalue weighted by molar-refractivity contribution is 5.92. The number of carboxylic acid groups (broad SMARTS) is 1. The van der Waals surface area contributed by atoms with Crippen molar-refractivity contribution in [2.45, 2.75) is 64.8 Å². The van der Waals surface area contributed by atoms with Crippen LogP contribution in [0.2, 0.25) is 0 Å². The standard InChI is InChI=1S/C34H38N4O4/c1-34(2,3)26-10-7-23(8-11-26)22-42-32-6-4-5-28(36-32)24-13-16-37(17-14-24)21-31-35-29-12-9-25(33(39)40)19-30(29)38(31)20-27-15-18-41-27/h4-13,19,27H,14-18,20-22H2,1-3H3,(H,39,40)/t27-/m0/s1. The Morgan fingerprint density at radius 1 is 1.10 bits per heavy atom. The maximum absolute atomic E-state index is 11.6. The van der Waals surface area contributed by atoms with E-state index in [0.29, 0.717) is 25.6 Å². The molecule has 0 bridgehead atoms. The highest BCUT2D eigenvalue weighted by Crippen LogP contribution is 2.27. The minimum Gasteiger partial charge on any atom is -0.478 e. The SMILES string of the molecule is CC(C)(C)c1ccc(COc2cccc(C3=CCN(Cc4nc5ccc(C(=O)O)cc5n4C[C@@H]4CCO4)CC3)n2)cc1. The van der Waals surface area contributed by atoms with Gasteiger partial charge in [0, 0.05) is 25.8 Å². The number of rotatable bonds is 9. The van der Waals surface area contributed by atoms with Gasteiger partial charge < -0.3 is 19.1 Å². The molecule has 0 amide bonds. The van der Waals surface area contributed by atoms with Gasteiger partial charge in [-0.05, 0) is 59.2 Å². The van der Waals surface area contributed by atoms with Gasteiger partial charge in [0.2, 0.25) is 5.88 Å². The fraction of sp³-hybridized carbons (Fsp3) is 0.382. The van der Waals surface area contributed by atoms with Gasteiger partial charge in [-0.3, -0.25) is 4.90 Å². The molecule has 8 heteroatoms. The fourth-order valence-corrected chi connectivity index (χ4v) is 5.48. The Morgan fingerprint density at radius 3 is 2.57 bits per heavy atom. The maximum atomic E-state index is 11.6. The predicted molar refractivity (Wildman–Crippen MR) is 163 cm³/mol. The molecule has 0 saturated carbocycles. The van der Waals surface area contributed by atoms with E-state index >= 15 is 0 Å². The van der Waals surface area contributed by atoms with Crippen molar-refractivity contribution in [1.29, 1.82) is 0 Å². The van der Waals surface area contributed by atoms with Crippen molar-refractivity contribution >= 4 is 22.6 Å². The molecule has 1 N–H and O–H groups in total. The summed E-state index contributed by atoms with van der Waals surface area (Å²) >= 11 is 0. The van der Waals surface area contributed by atoms with Crippen molar-refractivity contribution in [1.82, 2.24) is 19.4 Å². The molecule has 4 aromatic rings. The maximum Gasteiger partial charge on any atom is 0.335 e. The third-order valence-corrected chi connectivity index (χ3v) is 8.17. The molecule has 1 atom stereocenters. The average Bonchev–Trinajstić information content (AvgIpc) is 3.30. The van der Waals surface area contributed by atoms with Crippen LogP contribution in [0.15, 0.2) is 66.7 Å². The molecule has 0 aliphatic carbocycles. The lowest BCUT2D eigenvalue weighted by atomic mass is 9.87. The molecule has 2 aliphatic heterocycles. The largest absolute Gasteiger partial charge is 0.478 e. The quantitative estimate of drug-likeness (QED) is 0.262. The second-order valence-electron chi connectivity index (χ2n) is 12.2. The van der Waals surface area contributed by atoms with Crippen LogP contribution in [0.25, 0.3) is 16.6 Å². The lowest BCUT2D eigenvalue weighted by Crippen LogP contribution is -2.33. The van der Waals surface area contributed by atoms with E-state index in [1.807, 2.05) is 18.2 Å². The summed E-state index contributed by atoms with van der Waals surface area (Å²) in [5.74, 6) is 0.630. The number of pyridine rings is 1. The summed E-state index contributed by atoms with van der Waals surface area (Å²) in [7, 11) is 0. The molecule has 1 fully saturated rings. The van der Waals surface area contributed by atoms with E-state index in [-0.39, 0.29) is 17.1 Å². The first-order valence-corrected chi connectivity index (χ1v) is 14.7. The van der Waals surface area contributed by atoms with Gasteiger partial charge in [0.25, 0.3) is 0 Å². The summed E-state index contributed by atoms with van der Waals surface area (Å²) < 4.78 is 13.9. The Balaban J connectivity index is 1.12. The van der Waals surface area contributed by atoms with Gasteiger partial charge in [-0.15, -0.1) is 0 Å². The first-order valence-electron chi connectivity index (χ1n) is 14.7. The van der Waals surface area contributed by atoms with E-state index in [1.54, 1.807) is 18.2 Å². The van der Waals surface area contributed by atoms with Gasteiger partial charge in [-0.25, -0.2) is 14.8 Å². The Morgan fingerprint density at radius 2 is 1.90 bits per heavy atom. The van der Waals surface area contributed by atoms with Crippen LogP contribution in [0.3, 0.4) is 0 Å². The molecule has 1 saturated heterocycles. The zero-order valence-electron chi connectivity index (χ0n) is 24.5. The molecule has 2 aliphatic rings. The number of aromatic nitrogens is 3. The van der Waals surface area contributed by atoms with E-state index in [9.17, 15) is 9.90 Å². The van der Waals surface area contributed by atoms with E-state index < -0.39 is 5.97 Å². The molecule has 218 valence electrons. The highest BCUT2D eigenvalue weighted by atomic mass is 16.5. The zero-order chi connectivity index (χ0) is 29.3. The molecule has 8 nitrogen and oxygen atoms in total. The number of hydrogen-bond acceptors (Lipinski definition) is 6. The van der Waals surface area contributed by atoms with Gasteiger partial charge in [-0.1, -0.05) is 57.2 Å². The summed E-state index contributed by atoms with van der Waals surface area (Å²) in [4.78, 5) is 23.7. The van der Waals surface area contributed by atoms with Crippen molar-refractivity contribution < 1.29 is 19.4 Å². The van der Waals surface area contributed by atoms with Crippen molar-refractivity contribution in [3.05, 3.63) is 94.9 Å². The molecule has 42 heavy (non-hydrogen) atoms. The topological polar surface area (TPSA) is 89.7 Å². The predicted octanol–water partition coefficient (Wildman–Crippen LogP) is 6.08. The Hall–Kier alpha value is -4.01. The van der Waals surface area contributed by atoms with Crippen molar-refractivity contribution in [3.8, 4) is 5.88 Å². The molecule has 0 unspecified atom stereocenters. The normalized spacial score (nSPS) is 17.6. The van der Waals surface area contributed by atoms with Crippen molar-refractivity contribution in [2.75, 3.05) is 19.7 Å². The summed E-state index contributed by atoms with van der Waals surface area (Å²) in [6.07, 6.45) is 4.27. The van der Waals surface area contributed by atoms with E-state index in [2.05, 4.69) is 60.6 Å². The highest BCUT2D eigenvalue weighted by Gasteiger charge is 2.24. The van der Waals surface area contributed by atoms with Crippen molar-refractivity contribution in [2.24, 2.45) is 0 Å². The summed E-state index contributed by atoms with van der Waals surface area (Å²) in [6.45, 7) is 10.9. The number of carbonyl (C=O) groups is 1. The second kappa shape index (κ2) is 11.7. The van der Waals surface area contributed by atoms with Gasteiger partial charge in [-0.2, -0.15) is 0 Å². The van der Waals surface area contributed by atoms with Crippen LogP contribution in [-0.2, 0) is 29.8 Å². The fourth-order valence-electron chi connectivity index (χ4n) is 5.48. The lowest BCUT2D eigenvalue weighted by Gasteiger charge is -2.29. The van der Waals surface area contributed by atoms with Gasteiger partial charge in [0.05, 0.1) is 41.5 Å². The monoisotopic (exact) mass is 566 g/mol. The van der Waals surface area contributed by atoms with Crippen LogP contribution in [-0.4, -0.2) is 56.3 Å². The smallest absolute Gasteiger partial charge is 0.335 e. The Labute approximate surface area is 246 Å². The van der Waals surface area contributed by atoms with Crippen molar-refractivity contribution in [3.63, 3.8) is 0 Å². The number of fused-ring (bicyclic) bond motifs is 1. The number of ether oxygens (including phenoxy) is 2. The van der Waals surface area contributed by atoms with Crippen LogP contribution in [0, 0.1) is 0 Å². The van der Waals surface area contributed by atoms with E-state index in [0.717, 1.165) is 60.7 Å². The van der Waals surface area contributed by atoms with Crippen LogP contribution in [0.5, 0.6) is 5.88 Å². The number of aromatic carboxylic acids is 1. The number of carboxylic acids is 1. The third kappa shape index (κ3) is 6.25. The lowest BCUT2D eigenvalue weighted by molar-refractivity contribution is -0.0591. The molecule has 0 radical (unpaired) electrons. The number of benzene rings is 2. The van der Waals surface area contributed by atoms with Crippen LogP contribution >= 0.6 is 0 Å². The van der Waals surface area contributed by atoms with E-state index in [1.165, 1.54) is 11.1 Å².